The fourth-order valence-electron chi connectivity index (χ4n) is 1.02. The van der Waals surface area contributed by atoms with E-state index in [4.69, 9.17) is 4.74 Å². The zero-order valence-electron chi connectivity index (χ0n) is 7.83. The molecule has 0 aromatic heterocycles. The molecule has 1 rings (SSSR count). The number of benzene rings is 1. The van der Waals surface area contributed by atoms with Gasteiger partial charge in [0, 0.05) is 16.0 Å². The molecule has 0 radical (unpaired) electrons. The minimum absolute atomic E-state index is 0.275. The van der Waals surface area contributed by atoms with Crippen LogP contribution < -0.4 is 0 Å². The lowest BCUT2D eigenvalue weighted by Crippen LogP contribution is -2.02. The van der Waals surface area contributed by atoms with Crippen LogP contribution in [0.5, 0.6) is 0 Å². The highest BCUT2D eigenvalue weighted by atomic mass is 79.9. The molecule has 2 nitrogen and oxygen atoms in total. The number of hydrogen-bond acceptors (Lipinski definition) is 3. The maximum Gasteiger partial charge on any atom is 0.338 e. The lowest BCUT2D eigenvalue weighted by Gasteiger charge is -2.05. The van der Waals surface area contributed by atoms with Gasteiger partial charge in [-0.1, -0.05) is 28.1 Å². The molecule has 0 atom stereocenters. The topological polar surface area (TPSA) is 26.3 Å². The van der Waals surface area contributed by atoms with Gasteiger partial charge in [-0.05, 0) is 12.1 Å². The van der Waals surface area contributed by atoms with E-state index in [1.54, 1.807) is 17.8 Å². The summed E-state index contributed by atoms with van der Waals surface area (Å²) in [7, 11) is 1.40. The first-order chi connectivity index (χ1) is 6.79. The number of carbonyl (C=O) groups is 1. The van der Waals surface area contributed by atoms with Crippen LogP contribution in [0.15, 0.2) is 29.2 Å². The Bertz CT molecular complexity index is 315. The molecule has 0 aliphatic heterocycles. The summed E-state index contributed by atoms with van der Waals surface area (Å²) >= 11 is 4.99. The lowest BCUT2D eigenvalue weighted by molar-refractivity contribution is 0.0597. The Labute approximate surface area is 96.2 Å². The van der Waals surface area contributed by atoms with Crippen LogP contribution in [0, 0.1) is 0 Å². The number of hydrogen-bond donors (Lipinski definition) is 0. The number of alkyl halides is 1. The van der Waals surface area contributed by atoms with Crippen LogP contribution in [0.2, 0.25) is 0 Å². The summed E-state index contributed by atoms with van der Waals surface area (Å²) in [6, 6.07) is 7.47. The van der Waals surface area contributed by atoms with E-state index in [1.165, 1.54) is 7.11 Å². The molecule has 0 heterocycles. The Morgan fingerprint density at radius 2 is 2.21 bits per heavy atom. The van der Waals surface area contributed by atoms with Gasteiger partial charge in [0.25, 0.3) is 0 Å². The minimum atomic E-state index is -0.275. The molecule has 0 unspecified atom stereocenters. The number of methoxy groups -OCH3 is 1. The van der Waals surface area contributed by atoms with E-state index < -0.39 is 0 Å². The van der Waals surface area contributed by atoms with E-state index in [1.807, 2.05) is 18.2 Å². The largest absolute Gasteiger partial charge is 0.465 e. The summed E-state index contributed by atoms with van der Waals surface area (Å²) < 4.78 is 4.69. The second kappa shape index (κ2) is 6.09. The zero-order valence-corrected chi connectivity index (χ0v) is 10.2. The molecule has 0 fully saturated rings. The molecule has 0 saturated carbocycles. The van der Waals surface area contributed by atoms with E-state index in [0.29, 0.717) is 5.56 Å². The van der Waals surface area contributed by atoms with Crippen molar-refractivity contribution in [1.82, 2.24) is 0 Å². The van der Waals surface area contributed by atoms with E-state index in [0.717, 1.165) is 16.0 Å². The lowest BCUT2D eigenvalue weighted by atomic mass is 10.2. The quantitative estimate of drug-likeness (QED) is 0.480. The molecule has 0 saturated heterocycles. The monoisotopic (exact) mass is 274 g/mol. The molecule has 0 spiro atoms. The van der Waals surface area contributed by atoms with Gasteiger partial charge in [0.05, 0.1) is 12.7 Å². The second-order valence-electron chi connectivity index (χ2n) is 2.53. The molecule has 1 aromatic carbocycles. The Morgan fingerprint density at radius 1 is 1.50 bits per heavy atom. The highest BCUT2D eigenvalue weighted by Gasteiger charge is 2.10. The number of rotatable bonds is 4. The van der Waals surface area contributed by atoms with Gasteiger partial charge in [-0.3, -0.25) is 0 Å². The van der Waals surface area contributed by atoms with Crippen molar-refractivity contribution in [1.29, 1.82) is 0 Å². The van der Waals surface area contributed by atoms with Gasteiger partial charge in [-0.15, -0.1) is 11.8 Å². The van der Waals surface area contributed by atoms with E-state index in [2.05, 4.69) is 15.9 Å². The first kappa shape index (κ1) is 11.6. The van der Waals surface area contributed by atoms with Crippen molar-refractivity contribution in [3.8, 4) is 0 Å². The van der Waals surface area contributed by atoms with Crippen LogP contribution in [0.25, 0.3) is 0 Å². The Morgan fingerprint density at radius 3 is 2.86 bits per heavy atom. The van der Waals surface area contributed by atoms with Crippen LogP contribution in [-0.2, 0) is 4.74 Å². The predicted octanol–water partition coefficient (Wildman–Crippen LogP) is 2.96. The first-order valence-electron chi connectivity index (χ1n) is 4.15. The van der Waals surface area contributed by atoms with Crippen molar-refractivity contribution >= 4 is 33.7 Å². The van der Waals surface area contributed by atoms with Crippen molar-refractivity contribution < 1.29 is 9.53 Å². The Balaban J connectivity index is 2.85. The van der Waals surface area contributed by atoms with Crippen LogP contribution in [0.3, 0.4) is 0 Å². The third kappa shape index (κ3) is 3.03. The number of carbonyl (C=O) groups excluding carboxylic acids is 1. The fourth-order valence-corrected chi connectivity index (χ4v) is 2.28. The molecule has 76 valence electrons. The van der Waals surface area contributed by atoms with Gasteiger partial charge >= 0.3 is 5.97 Å². The second-order valence-corrected chi connectivity index (χ2v) is 4.45. The first-order valence-corrected chi connectivity index (χ1v) is 6.26. The smallest absolute Gasteiger partial charge is 0.338 e. The summed E-state index contributed by atoms with van der Waals surface area (Å²) in [6.07, 6.45) is 0. The average molecular weight is 275 g/mol. The summed E-state index contributed by atoms with van der Waals surface area (Å²) in [6.45, 7) is 0. The normalized spacial score (nSPS) is 9.86. The van der Waals surface area contributed by atoms with Crippen molar-refractivity contribution in [3.05, 3.63) is 29.8 Å². The van der Waals surface area contributed by atoms with Gasteiger partial charge in [0.15, 0.2) is 0 Å². The van der Waals surface area contributed by atoms with Crippen LogP contribution in [-0.4, -0.2) is 24.2 Å². The molecule has 1 aromatic rings. The van der Waals surface area contributed by atoms with Gasteiger partial charge in [0.2, 0.25) is 0 Å². The molecule has 0 N–H and O–H groups in total. The summed E-state index contributed by atoms with van der Waals surface area (Å²) in [5.41, 5.74) is 0.640. The average Bonchev–Trinajstić information content (AvgIpc) is 2.25. The highest BCUT2D eigenvalue weighted by Crippen LogP contribution is 2.23. The van der Waals surface area contributed by atoms with Crippen molar-refractivity contribution in [2.45, 2.75) is 4.90 Å². The molecule has 4 heteroatoms. The predicted molar refractivity (Wildman–Crippen MR) is 62.3 cm³/mol. The minimum Gasteiger partial charge on any atom is -0.465 e. The fraction of sp³-hybridized carbons (Fsp3) is 0.300. The number of ether oxygens (including phenoxy) is 1. The van der Waals surface area contributed by atoms with E-state index >= 15 is 0 Å². The third-order valence-corrected chi connectivity index (χ3v) is 3.62. The number of esters is 1. The van der Waals surface area contributed by atoms with Crippen LogP contribution >= 0.6 is 27.7 Å². The third-order valence-electron chi connectivity index (χ3n) is 1.63. The summed E-state index contributed by atoms with van der Waals surface area (Å²) in [5, 5.41) is 0.910. The zero-order chi connectivity index (χ0) is 10.4. The molecule has 0 aliphatic carbocycles. The number of thioether (sulfide) groups is 1. The highest BCUT2D eigenvalue weighted by molar-refractivity contribution is 9.09. The Hall–Kier alpha value is -0.480. The molecular formula is C10H11BrO2S. The SMILES string of the molecule is COC(=O)c1ccccc1SCCBr. The van der Waals surface area contributed by atoms with Gasteiger partial charge in [-0.25, -0.2) is 4.79 Å². The van der Waals surface area contributed by atoms with Gasteiger partial charge < -0.3 is 4.74 Å². The molecule has 0 amide bonds. The van der Waals surface area contributed by atoms with Crippen molar-refractivity contribution in [2.75, 3.05) is 18.2 Å². The summed E-state index contributed by atoms with van der Waals surface area (Å²) in [4.78, 5) is 12.3. The molecule has 14 heavy (non-hydrogen) atoms. The van der Waals surface area contributed by atoms with E-state index in [9.17, 15) is 4.79 Å². The van der Waals surface area contributed by atoms with Crippen molar-refractivity contribution in [3.63, 3.8) is 0 Å². The van der Waals surface area contributed by atoms with Crippen LogP contribution in [0.1, 0.15) is 10.4 Å². The molecule has 0 aliphatic rings. The summed E-state index contributed by atoms with van der Waals surface area (Å²) in [5.74, 6) is 0.663. The molecular weight excluding hydrogens is 264 g/mol. The Kier molecular flexibility index (Phi) is 5.04. The maximum absolute atomic E-state index is 11.4. The van der Waals surface area contributed by atoms with Gasteiger partial charge in [0.1, 0.15) is 0 Å². The van der Waals surface area contributed by atoms with Crippen LogP contribution in [0.4, 0.5) is 0 Å². The van der Waals surface area contributed by atoms with E-state index in [-0.39, 0.29) is 5.97 Å². The maximum atomic E-state index is 11.4. The standard InChI is InChI=1S/C10H11BrO2S/c1-13-10(12)8-4-2-3-5-9(8)14-7-6-11/h2-5H,6-7H2,1H3. The van der Waals surface area contributed by atoms with Gasteiger partial charge in [-0.2, -0.15) is 0 Å². The van der Waals surface area contributed by atoms with Crippen molar-refractivity contribution in [2.24, 2.45) is 0 Å². The molecule has 0 bridgehead atoms. The number of halogens is 1.